The van der Waals surface area contributed by atoms with Crippen LogP contribution in [-0.4, -0.2) is 33.3 Å². The second-order valence-corrected chi connectivity index (χ2v) is 5.09. The van der Waals surface area contributed by atoms with Gasteiger partial charge in [-0.15, -0.1) is 0 Å². The van der Waals surface area contributed by atoms with Crippen LogP contribution in [0, 0.1) is 6.92 Å². The Morgan fingerprint density at radius 1 is 1.41 bits per heavy atom. The van der Waals surface area contributed by atoms with E-state index in [-0.39, 0.29) is 12.1 Å². The second-order valence-electron chi connectivity index (χ2n) is 5.09. The van der Waals surface area contributed by atoms with Crippen molar-refractivity contribution in [2.24, 2.45) is 0 Å². The number of aliphatic hydroxyl groups is 1. The van der Waals surface area contributed by atoms with Crippen LogP contribution in [0.15, 0.2) is 12.4 Å². The zero-order valence-corrected chi connectivity index (χ0v) is 10.7. The second kappa shape index (κ2) is 5.65. The number of rotatable bonds is 5. The van der Waals surface area contributed by atoms with Gasteiger partial charge >= 0.3 is 0 Å². The van der Waals surface area contributed by atoms with Gasteiger partial charge in [-0.2, -0.15) is 0 Å². The summed E-state index contributed by atoms with van der Waals surface area (Å²) in [5.74, 6) is 1.05. The summed E-state index contributed by atoms with van der Waals surface area (Å²) in [6.45, 7) is 4.10. The summed E-state index contributed by atoms with van der Waals surface area (Å²) >= 11 is 0. The molecule has 0 radical (unpaired) electrons. The fourth-order valence-electron chi connectivity index (χ4n) is 2.70. The minimum atomic E-state index is -0.0211. The van der Waals surface area contributed by atoms with E-state index < -0.39 is 0 Å². The van der Waals surface area contributed by atoms with Crippen LogP contribution in [0.25, 0.3) is 0 Å². The Morgan fingerprint density at radius 2 is 2.18 bits per heavy atom. The third kappa shape index (κ3) is 3.07. The van der Waals surface area contributed by atoms with Crippen LogP contribution in [0.1, 0.15) is 37.9 Å². The first-order valence-corrected chi connectivity index (χ1v) is 6.59. The molecule has 1 fully saturated rings. The van der Waals surface area contributed by atoms with Gasteiger partial charge in [0.1, 0.15) is 5.82 Å². The predicted octanol–water partition coefficient (Wildman–Crippen LogP) is 1.48. The lowest BCUT2D eigenvalue weighted by Gasteiger charge is -2.36. The summed E-state index contributed by atoms with van der Waals surface area (Å²) < 4.78 is 2.14. The first-order valence-electron chi connectivity index (χ1n) is 6.59. The molecule has 0 atom stereocenters. The van der Waals surface area contributed by atoms with Crippen LogP contribution in [-0.2, 0) is 6.54 Å². The molecule has 0 aromatic carbocycles. The molecule has 1 aliphatic rings. The number of imidazole rings is 1. The molecular weight excluding hydrogens is 214 g/mol. The van der Waals surface area contributed by atoms with E-state index in [1.165, 1.54) is 19.3 Å². The average Bonchev–Trinajstić information content (AvgIpc) is 2.76. The van der Waals surface area contributed by atoms with Gasteiger partial charge in [0.05, 0.1) is 6.61 Å². The molecule has 4 heteroatoms. The Balaban J connectivity index is 1.82. The fourth-order valence-corrected chi connectivity index (χ4v) is 2.70. The van der Waals surface area contributed by atoms with E-state index in [0.29, 0.717) is 0 Å². The largest absolute Gasteiger partial charge is 0.394 e. The number of nitrogens with zero attached hydrogens (tertiary/aromatic N) is 2. The first kappa shape index (κ1) is 12.6. The van der Waals surface area contributed by atoms with E-state index in [1.807, 2.05) is 19.3 Å². The summed E-state index contributed by atoms with van der Waals surface area (Å²) in [6.07, 6.45) is 9.82. The Hall–Kier alpha value is -0.870. The number of nitrogens with one attached hydrogen (secondary N) is 1. The molecule has 96 valence electrons. The summed E-state index contributed by atoms with van der Waals surface area (Å²) in [6, 6.07) is 0. The number of hydrogen-bond donors (Lipinski definition) is 2. The van der Waals surface area contributed by atoms with Gasteiger partial charge in [-0.3, -0.25) is 0 Å². The van der Waals surface area contributed by atoms with Crippen molar-refractivity contribution in [2.45, 2.75) is 51.1 Å². The maximum Gasteiger partial charge on any atom is 0.105 e. The monoisotopic (exact) mass is 237 g/mol. The van der Waals surface area contributed by atoms with Crippen molar-refractivity contribution in [1.29, 1.82) is 0 Å². The smallest absolute Gasteiger partial charge is 0.105 e. The Bertz CT molecular complexity index is 342. The van der Waals surface area contributed by atoms with E-state index in [4.69, 9.17) is 0 Å². The highest BCUT2D eigenvalue weighted by molar-refractivity contribution is 4.92. The van der Waals surface area contributed by atoms with E-state index in [0.717, 1.165) is 31.8 Å². The van der Waals surface area contributed by atoms with Crippen molar-refractivity contribution in [1.82, 2.24) is 14.9 Å². The molecule has 0 unspecified atom stereocenters. The molecule has 2 rings (SSSR count). The molecular formula is C13H23N3O. The lowest BCUT2D eigenvalue weighted by molar-refractivity contribution is 0.120. The maximum atomic E-state index is 9.57. The first-order chi connectivity index (χ1) is 8.26. The Labute approximate surface area is 103 Å². The zero-order chi connectivity index (χ0) is 12.1. The number of aliphatic hydroxyl groups excluding tert-OH is 1. The van der Waals surface area contributed by atoms with Crippen LogP contribution in [0.4, 0.5) is 0 Å². The quantitative estimate of drug-likeness (QED) is 0.815. The lowest BCUT2D eigenvalue weighted by Crippen LogP contribution is -2.50. The van der Waals surface area contributed by atoms with Crippen molar-refractivity contribution in [3.05, 3.63) is 18.2 Å². The SMILES string of the molecule is Cc1nccn1CCNC1(CO)CCCCC1. The molecule has 0 bridgehead atoms. The van der Waals surface area contributed by atoms with Crippen molar-refractivity contribution in [3.63, 3.8) is 0 Å². The van der Waals surface area contributed by atoms with Crippen molar-refractivity contribution in [2.75, 3.05) is 13.2 Å². The third-order valence-corrected chi connectivity index (χ3v) is 3.89. The van der Waals surface area contributed by atoms with Gasteiger partial charge in [0.2, 0.25) is 0 Å². The van der Waals surface area contributed by atoms with E-state index in [9.17, 15) is 5.11 Å². The maximum absolute atomic E-state index is 9.57. The van der Waals surface area contributed by atoms with Crippen LogP contribution in [0.2, 0.25) is 0 Å². The zero-order valence-electron chi connectivity index (χ0n) is 10.7. The highest BCUT2D eigenvalue weighted by atomic mass is 16.3. The van der Waals surface area contributed by atoms with Crippen molar-refractivity contribution >= 4 is 0 Å². The van der Waals surface area contributed by atoms with E-state index >= 15 is 0 Å². The van der Waals surface area contributed by atoms with Crippen LogP contribution >= 0.6 is 0 Å². The third-order valence-electron chi connectivity index (χ3n) is 3.89. The lowest BCUT2D eigenvalue weighted by atomic mass is 9.82. The molecule has 0 amide bonds. The van der Waals surface area contributed by atoms with Crippen LogP contribution in [0.5, 0.6) is 0 Å². The van der Waals surface area contributed by atoms with Crippen LogP contribution in [0.3, 0.4) is 0 Å². The number of aromatic nitrogens is 2. The highest BCUT2D eigenvalue weighted by Gasteiger charge is 2.30. The molecule has 17 heavy (non-hydrogen) atoms. The van der Waals surface area contributed by atoms with Gasteiger partial charge in [0, 0.05) is 31.0 Å². The minimum absolute atomic E-state index is 0.0211. The molecule has 1 aromatic rings. The summed E-state index contributed by atoms with van der Waals surface area (Å²) in [5, 5.41) is 13.1. The molecule has 0 spiro atoms. The topological polar surface area (TPSA) is 50.1 Å². The van der Waals surface area contributed by atoms with Gasteiger partial charge in [-0.25, -0.2) is 4.98 Å². The summed E-state index contributed by atoms with van der Waals surface area (Å²) in [7, 11) is 0. The summed E-state index contributed by atoms with van der Waals surface area (Å²) in [4.78, 5) is 4.21. The van der Waals surface area contributed by atoms with Gasteiger partial charge in [0.15, 0.2) is 0 Å². The fraction of sp³-hybridized carbons (Fsp3) is 0.769. The minimum Gasteiger partial charge on any atom is -0.394 e. The molecule has 2 N–H and O–H groups in total. The standard InChI is InChI=1S/C13H23N3O/c1-12-14-7-9-16(12)10-8-15-13(11-17)5-3-2-4-6-13/h7,9,15,17H,2-6,8,10-11H2,1H3. The van der Waals surface area contributed by atoms with Gasteiger partial charge in [-0.1, -0.05) is 19.3 Å². The van der Waals surface area contributed by atoms with Gasteiger partial charge in [-0.05, 0) is 19.8 Å². The van der Waals surface area contributed by atoms with Crippen molar-refractivity contribution in [3.8, 4) is 0 Å². The predicted molar refractivity (Wildman–Crippen MR) is 67.9 cm³/mol. The number of hydrogen-bond acceptors (Lipinski definition) is 3. The number of aryl methyl sites for hydroxylation is 1. The molecule has 4 nitrogen and oxygen atoms in total. The van der Waals surface area contributed by atoms with Gasteiger partial charge in [0.25, 0.3) is 0 Å². The van der Waals surface area contributed by atoms with Crippen molar-refractivity contribution < 1.29 is 5.11 Å². The molecule has 1 saturated carbocycles. The molecule has 1 heterocycles. The molecule has 1 aliphatic carbocycles. The van der Waals surface area contributed by atoms with E-state index in [2.05, 4.69) is 14.9 Å². The molecule has 1 aromatic heterocycles. The Kier molecular flexibility index (Phi) is 4.18. The summed E-state index contributed by atoms with van der Waals surface area (Å²) in [5.41, 5.74) is -0.0211. The highest BCUT2D eigenvalue weighted by Crippen LogP contribution is 2.27. The normalized spacial score (nSPS) is 19.4. The van der Waals surface area contributed by atoms with E-state index in [1.54, 1.807) is 0 Å². The average molecular weight is 237 g/mol. The van der Waals surface area contributed by atoms with Crippen LogP contribution < -0.4 is 5.32 Å². The molecule has 0 aliphatic heterocycles. The molecule has 0 saturated heterocycles. The Morgan fingerprint density at radius 3 is 2.76 bits per heavy atom. The van der Waals surface area contributed by atoms with Gasteiger partial charge < -0.3 is 15.0 Å².